The quantitative estimate of drug-likeness (QED) is 0.795. The second-order valence-corrected chi connectivity index (χ2v) is 6.20. The second kappa shape index (κ2) is 5.11. The van der Waals surface area contributed by atoms with Crippen molar-refractivity contribution in [1.29, 1.82) is 0 Å². The highest BCUT2D eigenvalue weighted by atomic mass is 32.1. The molecule has 0 aromatic carbocycles. The molecule has 5 nitrogen and oxygen atoms in total. The molecule has 0 N–H and O–H groups in total. The molecular weight excluding hydrogens is 290 g/mol. The molecular formula is C15H15NO4S. The van der Waals surface area contributed by atoms with Crippen molar-refractivity contribution in [3.05, 3.63) is 17.0 Å². The number of methoxy groups -OCH3 is 2. The maximum Gasteiger partial charge on any atom is 0.257 e. The van der Waals surface area contributed by atoms with Crippen LogP contribution < -0.4 is 9.47 Å². The van der Waals surface area contributed by atoms with Gasteiger partial charge in [-0.3, -0.25) is 9.59 Å². The van der Waals surface area contributed by atoms with Gasteiger partial charge in [0.15, 0.2) is 11.5 Å². The fraction of sp³-hybridized carbons (Fsp3) is 0.400. The first-order valence-electron chi connectivity index (χ1n) is 6.62. The van der Waals surface area contributed by atoms with E-state index in [1.807, 2.05) is 6.07 Å². The zero-order chi connectivity index (χ0) is 15.1. The van der Waals surface area contributed by atoms with Gasteiger partial charge in [0.2, 0.25) is 0 Å². The van der Waals surface area contributed by atoms with E-state index in [1.54, 1.807) is 20.1 Å². The predicted octanol–water partition coefficient (Wildman–Crippen LogP) is 2.72. The summed E-state index contributed by atoms with van der Waals surface area (Å²) >= 11 is 1.38. The first kappa shape index (κ1) is 14.0. The number of carbonyl (C=O) groups is 2. The van der Waals surface area contributed by atoms with E-state index in [4.69, 9.17) is 9.47 Å². The van der Waals surface area contributed by atoms with Crippen LogP contribution in [0.25, 0.3) is 10.2 Å². The highest BCUT2D eigenvalue weighted by Gasteiger charge is 2.46. The van der Waals surface area contributed by atoms with E-state index in [2.05, 4.69) is 4.98 Å². The minimum atomic E-state index is -0.153. The molecule has 0 radical (unpaired) electrons. The molecule has 0 saturated heterocycles. The van der Waals surface area contributed by atoms with Gasteiger partial charge < -0.3 is 9.47 Å². The summed E-state index contributed by atoms with van der Waals surface area (Å²) in [5, 5.41) is 0. The molecule has 1 aliphatic carbocycles. The van der Waals surface area contributed by atoms with Gasteiger partial charge >= 0.3 is 0 Å². The Balaban J connectivity index is 1.94. The molecule has 2 aromatic heterocycles. The number of nitrogens with zero attached hydrogens (tertiary/aromatic N) is 1. The number of fused-ring (bicyclic) bond motifs is 1. The largest absolute Gasteiger partial charge is 0.491 e. The minimum Gasteiger partial charge on any atom is -0.491 e. The third kappa shape index (κ3) is 2.40. The van der Waals surface area contributed by atoms with Crippen LogP contribution in [0, 0.1) is 11.8 Å². The molecule has 110 valence electrons. The maximum atomic E-state index is 12.4. The van der Waals surface area contributed by atoms with E-state index in [-0.39, 0.29) is 23.4 Å². The number of thiophene rings is 1. The summed E-state index contributed by atoms with van der Waals surface area (Å²) < 4.78 is 11.2. The molecule has 6 heteroatoms. The SMILES string of the molecule is COc1cc2sc(C(=O)C3CC3C(C)=O)cc2nc1OC. The lowest BCUT2D eigenvalue weighted by atomic mass is 10.1. The van der Waals surface area contributed by atoms with Gasteiger partial charge in [-0.15, -0.1) is 11.3 Å². The number of hydrogen-bond donors (Lipinski definition) is 0. The normalized spacial score (nSPS) is 20.3. The van der Waals surface area contributed by atoms with Gasteiger partial charge in [-0.2, -0.15) is 0 Å². The molecule has 0 aliphatic heterocycles. The summed E-state index contributed by atoms with van der Waals surface area (Å²) in [7, 11) is 3.07. The number of ether oxygens (including phenoxy) is 2. The molecule has 2 atom stereocenters. The van der Waals surface area contributed by atoms with Crippen LogP contribution in [0.5, 0.6) is 11.6 Å². The summed E-state index contributed by atoms with van der Waals surface area (Å²) in [6, 6.07) is 3.58. The highest BCUT2D eigenvalue weighted by Crippen LogP contribution is 2.43. The van der Waals surface area contributed by atoms with Gasteiger partial charge in [0.1, 0.15) is 5.78 Å². The first-order chi connectivity index (χ1) is 10.0. The first-order valence-corrected chi connectivity index (χ1v) is 7.44. The summed E-state index contributed by atoms with van der Waals surface area (Å²) in [4.78, 5) is 28.7. The number of Topliss-reactive ketones (excluding diaryl/α,β-unsaturated/α-hetero) is 2. The van der Waals surface area contributed by atoms with E-state index in [1.165, 1.54) is 18.4 Å². The molecule has 2 unspecified atom stereocenters. The van der Waals surface area contributed by atoms with Gasteiger partial charge in [0, 0.05) is 17.9 Å². The number of rotatable bonds is 5. The van der Waals surface area contributed by atoms with Crippen LogP contribution >= 0.6 is 11.3 Å². The molecule has 2 heterocycles. The van der Waals surface area contributed by atoms with Gasteiger partial charge in [0.25, 0.3) is 5.88 Å². The third-order valence-electron chi connectivity index (χ3n) is 3.74. The van der Waals surface area contributed by atoms with E-state index in [0.717, 1.165) is 4.70 Å². The molecule has 1 fully saturated rings. The zero-order valence-corrected chi connectivity index (χ0v) is 12.8. The topological polar surface area (TPSA) is 65.5 Å². The number of pyridine rings is 1. The highest BCUT2D eigenvalue weighted by molar-refractivity contribution is 7.20. The van der Waals surface area contributed by atoms with E-state index >= 15 is 0 Å². The number of ketones is 2. The van der Waals surface area contributed by atoms with Crippen LogP contribution in [0.1, 0.15) is 23.0 Å². The Morgan fingerprint density at radius 2 is 2.00 bits per heavy atom. The second-order valence-electron chi connectivity index (χ2n) is 5.12. The van der Waals surface area contributed by atoms with Crippen molar-refractivity contribution in [3.63, 3.8) is 0 Å². The fourth-order valence-corrected chi connectivity index (χ4v) is 3.50. The van der Waals surface area contributed by atoms with Crippen molar-refractivity contribution in [2.45, 2.75) is 13.3 Å². The number of aromatic nitrogens is 1. The minimum absolute atomic E-state index is 0.0381. The Labute approximate surface area is 125 Å². The van der Waals surface area contributed by atoms with Crippen molar-refractivity contribution < 1.29 is 19.1 Å². The number of carbonyl (C=O) groups excluding carboxylic acids is 2. The van der Waals surface area contributed by atoms with Crippen molar-refractivity contribution in [1.82, 2.24) is 4.98 Å². The summed E-state index contributed by atoms with van der Waals surface area (Å²) in [5.74, 6) is 0.819. The lowest BCUT2D eigenvalue weighted by Gasteiger charge is -2.05. The predicted molar refractivity (Wildman–Crippen MR) is 79.3 cm³/mol. The van der Waals surface area contributed by atoms with Crippen LogP contribution in [0.2, 0.25) is 0 Å². The van der Waals surface area contributed by atoms with Gasteiger partial charge in [-0.1, -0.05) is 0 Å². The third-order valence-corrected chi connectivity index (χ3v) is 4.83. The van der Waals surface area contributed by atoms with Gasteiger partial charge in [-0.05, 0) is 19.4 Å². The molecule has 1 saturated carbocycles. The van der Waals surface area contributed by atoms with Crippen LogP contribution in [0.4, 0.5) is 0 Å². The Kier molecular flexibility index (Phi) is 3.41. The molecule has 0 amide bonds. The lowest BCUT2D eigenvalue weighted by molar-refractivity contribution is -0.118. The maximum absolute atomic E-state index is 12.4. The van der Waals surface area contributed by atoms with Crippen LogP contribution in [0.3, 0.4) is 0 Å². The van der Waals surface area contributed by atoms with Crippen molar-refractivity contribution in [3.8, 4) is 11.6 Å². The van der Waals surface area contributed by atoms with Crippen LogP contribution in [-0.2, 0) is 4.79 Å². The average molecular weight is 305 g/mol. The average Bonchev–Trinajstić information content (AvgIpc) is 3.18. The lowest BCUT2D eigenvalue weighted by Crippen LogP contribution is -2.04. The summed E-state index contributed by atoms with van der Waals surface area (Å²) in [6.07, 6.45) is 0.669. The smallest absolute Gasteiger partial charge is 0.257 e. The number of hydrogen-bond acceptors (Lipinski definition) is 6. The van der Waals surface area contributed by atoms with Crippen LogP contribution in [0.15, 0.2) is 12.1 Å². The zero-order valence-electron chi connectivity index (χ0n) is 12.0. The van der Waals surface area contributed by atoms with Gasteiger partial charge in [-0.25, -0.2) is 4.98 Å². The van der Waals surface area contributed by atoms with Crippen molar-refractivity contribution in [2.24, 2.45) is 11.8 Å². The molecule has 0 spiro atoms. The Hall–Kier alpha value is -1.95. The fourth-order valence-electron chi connectivity index (χ4n) is 2.46. The Morgan fingerprint density at radius 3 is 2.57 bits per heavy atom. The molecule has 3 rings (SSSR count). The monoisotopic (exact) mass is 305 g/mol. The molecule has 0 bridgehead atoms. The summed E-state index contributed by atoms with van der Waals surface area (Å²) in [6.45, 7) is 1.54. The molecule has 21 heavy (non-hydrogen) atoms. The van der Waals surface area contributed by atoms with E-state index < -0.39 is 0 Å². The molecule has 2 aromatic rings. The Morgan fingerprint density at radius 1 is 1.24 bits per heavy atom. The van der Waals surface area contributed by atoms with Crippen molar-refractivity contribution in [2.75, 3.05) is 14.2 Å². The molecule has 1 aliphatic rings. The van der Waals surface area contributed by atoms with E-state index in [9.17, 15) is 9.59 Å². The Bertz CT molecular complexity index is 696. The standard InChI is InChI=1S/C15H15NO4S/c1-7(17)8-4-9(8)14(18)13-5-10-12(21-13)6-11(19-2)15(16-10)20-3/h5-6,8-9H,4H2,1-3H3. The van der Waals surface area contributed by atoms with Crippen molar-refractivity contribution >= 4 is 33.1 Å². The van der Waals surface area contributed by atoms with E-state index in [0.29, 0.717) is 28.4 Å². The van der Waals surface area contributed by atoms with Gasteiger partial charge in [0.05, 0.1) is 29.3 Å². The van der Waals surface area contributed by atoms with Crippen LogP contribution in [-0.4, -0.2) is 30.8 Å². The summed E-state index contributed by atoms with van der Waals surface area (Å²) in [5.41, 5.74) is 0.709.